The first-order valence-corrected chi connectivity index (χ1v) is 8.03. The van der Waals surface area contributed by atoms with Gasteiger partial charge in [0.1, 0.15) is 10.3 Å². The summed E-state index contributed by atoms with van der Waals surface area (Å²) in [4.78, 5) is 11.0. The monoisotopic (exact) mass is 339 g/mol. The highest BCUT2D eigenvalue weighted by Crippen LogP contribution is 2.33. The second kappa shape index (κ2) is 4.68. The first kappa shape index (κ1) is 13.0. The van der Waals surface area contributed by atoms with E-state index in [0.29, 0.717) is 17.3 Å². The second-order valence-electron chi connectivity index (χ2n) is 3.67. The third-order valence-corrected chi connectivity index (χ3v) is 7.17. The highest BCUT2D eigenvalue weighted by Gasteiger charge is 2.40. The molecule has 1 aliphatic rings. The molecule has 1 fully saturated rings. The van der Waals surface area contributed by atoms with Crippen LogP contribution in [0.25, 0.3) is 0 Å². The number of halogens is 1. The number of carboxylic acids is 1. The third kappa shape index (κ3) is 2.26. The van der Waals surface area contributed by atoms with Crippen molar-refractivity contribution in [1.82, 2.24) is 4.31 Å². The number of rotatable bonds is 3. The average Bonchev–Trinajstić information content (AvgIpc) is 2.84. The van der Waals surface area contributed by atoms with Gasteiger partial charge in [0.25, 0.3) is 10.0 Å². The van der Waals surface area contributed by atoms with Gasteiger partial charge in [0.2, 0.25) is 0 Å². The van der Waals surface area contributed by atoms with Gasteiger partial charge < -0.3 is 5.11 Å². The fourth-order valence-electron chi connectivity index (χ4n) is 1.85. The minimum absolute atomic E-state index is 0.172. The van der Waals surface area contributed by atoms with Crippen molar-refractivity contribution in [2.24, 2.45) is 0 Å². The Hall–Kier alpha value is -0.440. The summed E-state index contributed by atoms with van der Waals surface area (Å²) in [5, 5.41) is 10.7. The topological polar surface area (TPSA) is 74.7 Å². The summed E-state index contributed by atoms with van der Waals surface area (Å²) in [5.74, 6) is -1.08. The van der Waals surface area contributed by atoms with Crippen molar-refractivity contribution < 1.29 is 18.3 Å². The highest BCUT2D eigenvalue weighted by molar-refractivity contribution is 9.10. The smallest absolute Gasteiger partial charge is 0.322 e. The zero-order valence-corrected chi connectivity index (χ0v) is 11.9. The number of carbonyl (C=O) groups is 1. The molecule has 0 aliphatic carbocycles. The third-order valence-electron chi connectivity index (χ3n) is 2.62. The lowest BCUT2D eigenvalue weighted by Gasteiger charge is -2.20. The Labute approximate surface area is 111 Å². The lowest BCUT2D eigenvalue weighted by atomic mass is 10.2. The number of thiophene rings is 1. The molecule has 1 aromatic heterocycles. The van der Waals surface area contributed by atoms with Crippen LogP contribution < -0.4 is 0 Å². The maximum absolute atomic E-state index is 12.3. The second-order valence-corrected chi connectivity index (χ2v) is 7.52. The fraction of sp³-hybridized carbons (Fsp3) is 0.444. The molecule has 0 bridgehead atoms. The lowest BCUT2D eigenvalue weighted by Crippen LogP contribution is -2.40. The van der Waals surface area contributed by atoms with E-state index in [4.69, 9.17) is 5.11 Å². The number of hydrogen-bond acceptors (Lipinski definition) is 4. The molecule has 0 radical (unpaired) electrons. The van der Waals surface area contributed by atoms with Crippen LogP contribution in [0.2, 0.25) is 0 Å². The summed E-state index contributed by atoms with van der Waals surface area (Å²) in [5.41, 5.74) is 0. The van der Waals surface area contributed by atoms with Crippen molar-refractivity contribution in [1.29, 1.82) is 0 Å². The number of carboxylic acid groups (broad SMARTS) is 1. The Morgan fingerprint density at radius 2 is 2.29 bits per heavy atom. The highest BCUT2D eigenvalue weighted by atomic mass is 79.9. The number of aliphatic carboxylic acids is 1. The first-order chi connectivity index (χ1) is 7.94. The van der Waals surface area contributed by atoms with E-state index >= 15 is 0 Å². The van der Waals surface area contributed by atoms with Crippen LogP contribution in [0.5, 0.6) is 0 Å². The molecule has 0 unspecified atom stereocenters. The molecule has 2 heterocycles. The van der Waals surface area contributed by atoms with Gasteiger partial charge in [-0.05, 0) is 40.2 Å². The van der Waals surface area contributed by atoms with Crippen LogP contribution in [-0.2, 0) is 14.8 Å². The van der Waals surface area contributed by atoms with Crippen molar-refractivity contribution in [3.05, 3.63) is 15.9 Å². The van der Waals surface area contributed by atoms with Gasteiger partial charge in [-0.25, -0.2) is 8.42 Å². The van der Waals surface area contributed by atoms with Crippen LogP contribution in [0.4, 0.5) is 0 Å². The van der Waals surface area contributed by atoms with Crippen LogP contribution in [-0.4, -0.2) is 36.4 Å². The number of nitrogens with zero attached hydrogens (tertiary/aromatic N) is 1. The van der Waals surface area contributed by atoms with Crippen LogP contribution >= 0.6 is 27.3 Å². The Morgan fingerprint density at radius 3 is 2.82 bits per heavy atom. The maximum Gasteiger partial charge on any atom is 0.322 e. The molecule has 1 aliphatic heterocycles. The molecule has 0 amide bonds. The van der Waals surface area contributed by atoms with Gasteiger partial charge in [-0.15, -0.1) is 11.3 Å². The minimum Gasteiger partial charge on any atom is -0.480 e. The van der Waals surface area contributed by atoms with Crippen LogP contribution in [0.15, 0.2) is 20.1 Å². The summed E-state index contributed by atoms with van der Waals surface area (Å²) >= 11 is 4.25. The van der Waals surface area contributed by atoms with E-state index in [1.807, 2.05) is 0 Å². The summed E-state index contributed by atoms with van der Waals surface area (Å²) in [6.07, 6.45) is 0.955. The SMILES string of the molecule is O=C(O)[C@H]1CCCN1S(=O)(=O)c1sccc1Br. The minimum atomic E-state index is -3.70. The maximum atomic E-state index is 12.3. The Balaban J connectivity index is 2.40. The van der Waals surface area contributed by atoms with E-state index in [9.17, 15) is 13.2 Å². The zero-order valence-electron chi connectivity index (χ0n) is 8.67. The molecule has 1 N–H and O–H groups in total. The van der Waals surface area contributed by atoms with E-state index in [-0.39, 0.29) is 10.8 Å². The van der Waals surface area contributed by atoms with E-state index < -0.39 is 22.0 Å². The molecule has 17 heavy (non-hydrogen) atoms. The predicted molar refractivity (Wildman–Crippen MR) is 66.6 cm³/mol. The first-order valence-electron chi connectivity index (χ1n) is 4.92. The van der Waals surface area contributed by atoms with Gasteiger partial charge in [0, 0.05) is 11.0 Å². The van der Waals surface area contributed by atoms with Gasteiger partial charge in [-0.2, -0.15) is 4.31 Å². The molecule has 8 heteroatoms. The number of hydrogen-bond donors (Lipinski definition) is 1. The van der Waals surface area contributed by atoms with Gasteiger partial charge in [-0.3, -0.25) is 4.79 Å². The number of sulfonamides is 1. The van der Waals surface area contributed by atoms with Crippen LogP contribution in [0.1, 0.15) is 12.8 Å². The van der Waals surface area contributed by atoms with Crippen molar-refractivity contribution in [3.8, 4) is 0 Å². The van der Waals surface area contributed by atoms with Gasteiger partial charge in [0.05, 0.1) is 0 Å². The van der Waals surface area contributed by atoms with Crippen molar-refractivity contribution in [2.75, 3.05) is 6.54 Å². The standard InChI is InChI=1S/C9H10BrNO4S2/c10-6-3-5-16-9(6)17(14,15)11-4-1-2-7(11)8(12)13/h3,5,7H,1-2,4H2,(H,12,13)/t7-/m1/s1. The van der Waals surface area contributed by atoms with Crippen molar-refractivity contribution in [3.63, 3.8) is 0 Å². The summed E-state index contributed by atoms with van der Waals surface area (Å²) in [6, 6.07) is 0.706. The summed E-state index contributed by atoms with van der Waals surface area (Å²) in [7, 11) is -3.70. The van der Waals surface area contributed by atoms with Crippen molar-refractivity contribution in [2.45, 2.75) is 23.1 Å². The molecule has 1 atom stereocenters. The molecule has 0 spiro atoms. The molecular weight excluding hydrogens is 330 g/mol. The predicted octanol–water partition coefficient (Wildman–Crippen LogP) is 1.75. The quantitative estimate of drug-likeness (QED) is 0.910. The average molecular weight is 340 g/mol. The Morgan fingerprint density at radius 1 is 1.59 bits per heavy atom. The molecule has 0 saturated carbocycles. The lowest BCUT2D eigenvalue weighted by molar-refractivity contribution is -0.140. The Kier molecular flexibility index (Phi) is 3.58. The van der Waals surface area contributed by atoms with Crippen LogP contribution in [0.3, 0.4) is 0 Å². The van der Waals surface area contributed by atoms with Gasteiger partial charge in [-0.1, -0.05) is 0 Å². The van der Waals surface area contributed by atoms with E-state index in [2.05, 4.69) is 15.9 Å². The van der Waals surface area contributed by atoms with E-state index in [1.165, 1.54) is 0 Å². The summed E-state index contributed by atoms with van der Waals surface area (Å²) in [6.45, 7) is 0.268. The zero-order chi connectivity index (χ0) is 12.6. The molecule has 2 rings (SSSR count). The molecule has 5 nitrogen and oxygen atoms in total. The van der Waals surface area contributed by atoms with E-state index in [1.54, 1.807) is 11.4 Å². The van der Waals surface area contributed by atoms with Crippen molar-refractivity contribution >= 4 is 43.3 Å². The van der Waals surface area contributed by atoms with Crippen LogP contribution in [0, 0.1) is 0 Å². The molecule has 1 aromatic rings. The van der Waals surface area contributed by atoms with E-state index in [0.717, 1.165) is 15.6 Å². The van der Waals surface area contributed by atoms with Gasteiger partial charge >= 0.3 is 5.97 Å². The summed E-state index contributed by atoms with van der Waals surface area (Å²) < 4.78 is 26.3. The largest absolute Gasteiger partial charge is 0.480 e. The molecular formula is C9H10BrNO4S2. The molecule has 94 valence electrons. The fourth-order valence-corrected chi connectivity index (χ4v) is 5.92. The Bertz CT molecular complexity index is 539. The molecule has 0 aromatic carbocycles. The van der Waals surface area contributed by atoms with Gasteiger partial charge in [0.15, 0.2) is 0 Å². The molecule has 1 saturated heterocycles. The normalized spacial score (nSPS) is 21.8.